The van der Waals surface area contributed by atoms with Gasteiger partial charge in [0.05, 0.1) is 4.90 Å². The Balaban J connectivity index is 1.52. The van der Waals surface area contributed by atoms with E-state index in [1.165, 1.54) is 0 Å². The van der Waals surface area contributed by atoms with E-state index in [2.05, 4.69) is 47.7 Å². The zero-order valence-electron chi connectivity index (χ0n) is 19.7. The van der Waals surface area contributed by atoms with Crippen LogP contribution in [0.2, 0.25) is 0 Å². The molecule has 0 aliphatic carbocycles. The SMILES string of the molecule is Cc1cnc(Nc2cccc(N3CCNCC3)c2)nc1Nc1cccc(S(=O)(=O)NC(C)C)c1. The van der Waals surface area contributed by atoms with Gasteiger partial charge in [0.25, 0.3) is 0 Å². The number of benzene rings is 2. The largest absolute Gasteiger partial charge is 0.369 e. The molecule has 1 saturated heterocycles. The van der Waals surface area contributed by atoms with E-state index < -0.39 is 10.0 Å². The first-order valence-electron chi connectivity index (χ1n) is 11.4. The molecule has 0 atom stereocenters. The Kier molecular flexibility index (Phi) is 7.30. The van der Waals surface area contributed by atoms with E-state index in [4.69, 9.17) is 0 Å². The van der Waals surface area contributed by atoms with E-state index in [0.717, 1.165) is 43.1 Å². The van der Waals surface area contributed by atoms with Gasteiger partial charge in [0.1, 0.15) is 5.82 Å². The fourth-order valence-electron chi connectivity index (χ4n) is 3.72. The Morgan fingerprint density at radius 1 is 1.00 bits per heavy atom. The lowest BCUT2D eigenvalue weighted by atomic mass is 10.2. The van der Waals surface area contributed by atoms with Gasteiger partial charge in [0.15, 0.2) is 0 Å². The average Bonchev–Trinajstić information content (AvgIpc) is 2.81. The predicted octanol–water partition coefficient (Wildman–Crippen LogP) is 3.37. The first kappa shape index (κ1) is 23.9. The molecule has 0 spiro atoms. The standard InChI is InChI=1S/C24H31N7O2S/c1-17(2)30-34(32,33)22-9-5-7-20(15-22)27-23-18(3)16-26-24(29-23)28-19-6-4-8-21(14-19)31-12-10-25-11-13-31/h4-9,14-17,25,30H,10-13H2,1-3H3,(H2,26,27,28,29). The maximum absolute atomic E-state index is 12.5. The van der Waals surface area contributed by atoms with E-state index >= 15 is 0 Å². The molecule has 1 aromatic heterocycles. The van der Waals surface area contributed by atoms with E-state index in [1.807, 2.05) is 19.1 Å². The van der Waals surface area contributed by atoms with Crippen molar-refractivity contribution in [1.29, 1.82) is 0 Å². The molecule has 0 radical (unpaired) electrons. The molecule has 2 aromatic carbocycles. The van der Waals surface area contributed by atoms with Crippen LogP contribution in [0, 0.1) is 6.92 Å². The summed E-state index contributed by atoms with van der Waals surface area (Å²) in [6.07, 6.45) is 1.73. The molecule has 0 bridgehead atoms. The minimum absolute atomic E-state index is 0.190. The molecule has 0 saturated carbocycles. The quantitative estimate of drug-likeness (QED) is 0.388. The number of nitrogens with one attached hydrogen (secondary N) is 4. The topological polar surface area (TPSA) is 111 Å². The van der Waals surface area contributed by atoms with Gasteiger partial charge in [-0.05, 0) is 57.2 Å². The zero-order chi connectivity index (χ0) is 24.1. The summed E-state index contributed by atoms with van der Waals surface area (Å²) < 4.78 is 27.7. The fraction of sp³-hybridized carbons (Fsp3) is 0.333. The third kappa shape index (κ3) is 6.02. The highest BCUT2D eigenvalue weighted by Crippen LogP contribution is 2.25. The Bertz CT molecular complexity index is 1240. The van der Waals surface area contributed by atoms with Gasteiger partial charge in [-0.1, -0.05) is 12.1 Å². The third-order valence-electron chi connectivity index (χ3n) is 5.35. The van der Waals surface area contributed by atoms with Crippen molar-refractivity contribution in [3.05, 3.63) is 60.3 Å². The Morgan fingerprint density at radius 3 is 2.44 bits per heavy atom. The maximum Gasteiger partial charge on any atom is 0.240 e. The summed E-state index contributed by atoms with van der Waals surface area (Å²) in [5.41, 5.74) is 3.53. The van der Waals surface area contributed by atoms with Crippen LogP contribution in [-0.2, 0) is 10.0 Å². The second-order valence-corrected chi connectivity index (χ2v) is 10.3. The zero-order valence-corrected chi connectivity index (χ0v) is 20.5. The lowest BCUT2D eigenvalue weighted by Gasteiger charge is -2.29. The van der Waals surface area contributed by atoms with E-state index in [9.17, 15) is 8.42 Å². The highest BCUT2D eigenvalue weighted by atomic mass is 32.2. The summed E-state index contributed by atoms with van der Waals surface area (Å²) in [7, 11) is -3.59. The molecule has 3 aromatic rings. The van der Waals surface area contributed by atoms with Crippen molar-refractivity contribution in [1.82, 2.24) is 20.0 Å². The number of hydrogen-bond acceptors (Lipinski definition) is 8. The second kappa shape index (κ2) is 10.4. The molecule has 180 valence electrons. The molecule has 0 unspecified atom stereocenters. The van der Waals surface area contributed by atoms with Crippen LogP contribution in [-0.4, -0.2) is 50.6 Å². The average molecular weight is 482 g/mol. The second-order valence-electron chi connectivity index (χ2n) is 8.57. The molecule has 0 amide bonds. The summed E-state index contributed by atoms with van der Waals surface area (Å²) in [5.74, 6) is 1.05. The molecule has 10 heteroatoms. The number of aryl methyl sites for hydroxylation is 1. The van der Waals surface area contributed by atoms with Crippen molar-refractivity contribution >= 4 is 38.9 Å². The van der Waals surface area contributed by atoms with Gasteiger partial charge in [-0.15, -0.1) is 0 Å². The van der Waals surface area contributed by atoms with Crippen molar-refractivity contribution in [2.24, 2.45) is 0 Å². The third-order valence-corrected chi connectivity index (χ3v) is 7.01. The first-order chi connectivity index (χ1) is 16.3. The van der Waals surface area contributed by atoms with Crippen molar-refractivity contribution in [2.45, 2.75) is 31.7 Å². The summed E-state index contributed by atoms with van der Waals surface area (Å²) >= 11 is 0. The summed E-state index contributed by atoms with van der Waals surface area (Å²) in [6, 6.07) is 14.7. The van der Waals surface area contributed by atoms with E-state index in [1.54, 1.807) is 44.3 Å². The number of rotatable bonds is 8. The van der Waals surface area contributed by atoms with Crippen molar-refractivity contribution in [3.63, 3.8) is 0 Å². The Morgan fingerprint density at radius 2 is 1.71 bits per heavy atom. The molecule has 2 heterocycles. The van der Waals surface area contributed by atoms with Crippen LogP contribution >= 0.6 is 0 Å². The van der Waals surface area contributed by atoms with Crippen LogP contribution in [0.3, 0.4) is 0 Å². The molecule has 1 aliphatic rings. The van der Waals surface area contributed by atoms with Crippen molar-refractivity contribution < 1.29 is 8.42 Å². The van der Waals surface area contributed by atoms with E-state index in [0.29, 0.717) is 17.5 Å². The van der Waals surface area contributed by atoms with Gasteiger partial charge in [-0.25, -0.2) is 18.1 Å². The Hall–Kier alpha value is -3.21. The van der Waals surface area contributed by atoms with Crippen molar-refractivity contribution in [2.75, 3.05) is 41.7 Å². The number of hydrogen-bond donors (Lipinski definition) is 4. The van der Waals surface area contributed by atoms with Gasteiger partial charge in [-0.3, -0.25) is 0 Å². The highest BCUT2D eigenvalue weighted by Gasteiger charge is 2.16. The van der Waals surface area contributed by atoms with Crippen LogP contribution in [0.4, 0.5) is 28.8 Å². The van der Waals surface area contributed by atoms with Gasteiger partial charge >= 0.3 is 0 Å². The van der Waals surface area contributed by atoms with Crippen LogP contribution < -0.4 is 25.6 Å². The van der Waals surface area contributed by atoms with Gasteiger partial charge in [0.2, 0.25) is 16.0 Å². The molecule has 9 nitrogen and oxygen atoms in total. The molecular formula is C24H31N7O2S. The van der Waals surface area contributed by atoms with Gasteiger partial charge in [-0.2, -0.15) is 4.98 Å². The lowest BCUT2D eigenvalue weighted by Crippen LogP contribution is -2.43. The maximum atomic E-state index is 12.5. The minimum atomic E-state index is -3.59. The minimum Gasteiger partial charge on any atom is -0.369 e. The summed E-state index contributed by atoms with van der Waals surface area (Å²) in [5, 5.41) is 9.88. The molecule has 4 N–H and O–H groups in total. The predicted molar refractivity (Wildman–Crippen MR) is 137 cm³/mol. The number of sulfonamides is 1. The van der Waals surface area contributed by atoms with Crippen molar-refractivity contribution in [3.8, 4) is 0 Å². The molecule has 1 fully saturated rings. The van der Waals surface area contributed by atoms with Gasteiger partial charge < -0.3 is 20.9 Å². The summed E-state index contributed by atoms with van der Waals surface area (Å²) in [4.78, 5) is 11.6. The van der Waals surface area contributed by atoms with Crippen LogP contribution in [0.15, 0.2) is 59.6 Å². The first-order valence-corrected chi connectivity index (χ1v) is 12.8. The van der Waals surface area contributed by atoms with Crippen LogP contribution in [0.25, 0.3) is 0 Å². The highest BCUT2D eigenvalue weighted by molar-refractivity contribution is 7.89. The number of piperazine rings is 1. The summed E-state index contributed by atoms with van der Waals surface area (Å²) in [6.45, 7) is 9.38. The fourth-order valence-corrected chi connectivity index (χ4v) is 5.01. The monoisotopic (exact) mass is 481 g/mol. The number of nitrogens with zero attached hydrogens (tertiary/aromatic N) is 3. The Labute approximate surface area is 201 Å². The smallest absolute Gasteiger partial charge is 0.240 e. The van der Waals surface area contributed by atoms with Gasteiger partial charge in [0, 0.05) is 61.0 Å². The molecule has 4 rings (SSSR count). The normalized spacial score (nSPS) is 14.3. The van der Waals surface area contributed by atoms with Crippen LogP contribution in [0.1, 0.15) is 19.4 Å². The molecule has 34 heavy (non-hydrogen) atoms. The molecular weight excluding hydrogens is 450 g/mol. The number of aromatic nitrogens is 2. The van der Waals surface area contributed by atoms with E-state index in [-0.39, 0.29) is 10.9 Å². The number of anilines is 5. The lowest BCUT2D eigenvalue weighted by molar-refractivity contribution is 0.570. The van der Waals surface area contributed by atoms with Crippen LogP contribution in [0.5, 0.6) is 0 Å². The molecule has 1 aliphatic heterocycles.